The number of amides is 1. The predicted molar refractivity (Wildman–Crippen MR) is 99.9 cm³/mol. The molecule has 0 spiro atoms. The van der Waals surface area contributed by atoms with E-state index in [1.807, 2.05) is 37.4 Å². The zero-order valence-electron chi connectivity index (χ0n) is 13.3. The van der Waals surface area contributed by atoms with Crippen LogP contribution in [0.2, 0.25) is 0 Å². The van der Waals surface area contributed by atoms with E-state index in [1.54, 1.807) is 16.7 Å². The Morgan fingerprint density at radius 3 is 2.92 bits per heavy atom. The van der Waals surface area contributed by atoms with Crippen LogP contribution < -0.4 is 4.90 Å². The van der Waals surface area contributed by atoms with Crippen LogP contribution in [-0.4, -0.2) is 39.6 Å². The molecule has 1 aromatic carbocycles. The third-order valence-electron chi connectivity index (χ3n) is 3.17. The van der Waals surface area contributed by atoms with Gasteiger partial charge in [0.25, 0.3) is 5.22 Å². The highest BCUT2D eigenvalue weighted by atomic mass is 32.2. The van der Waals surface area contributed by atoms with Gasteiger partial charge in [-0.15, -0.1) is 10.2 Å². The standard InChI is InChI=1S/C15H16N4O2S3/c1-3-19(14-16-10-6-4-5-7-11(10)24-14)13(20)9-23-15-18-17-12(21-15)8-22-2/h4-7H,3,8-9H2,1-2H3. The fraction of sp³-hybridized carbons (Fsp3) is 0.333. The molecule has 2 aromatic heterocycles. The molecule has 0 aliphatic carbocycles. The van der Waals surface area contributed by atoms with Crippen molar-refractivity contribution in [2.45, 2.75) is 17.9 Å². The molecule has 2 heterocycles. The first-order valence-electron chi connectivity index (χ1n) is 7.31. The van der Waals surface area contributed by atoms with Gasteiger partial charge in [0, 0.05) is 6.54 Å². The van der Waals surface area contributed by atoms with Gasteiger partial charge in [-0.2, -0.15) is 11.8 Å². The van der Waals surface area contributed by atoms with Crippen LogP contribution in [0.1, 0.15) is 12.8 Å². The average Bonchev–Trinajstić information content (AvgIpc) is 3.20. The molecule has 6 nitrogen and oxygen atoms in total. The van der Waals surface area contributed by atoms with E-state index >= 15 is 0 Å². The summed E-state index contributed by atoms with van der Waals surface area (Å²) in [5.74, 6) is 1.47. The van der Waals surface area contributed by atoms with Gasteiger partial charge in [-0.25, -0.2) is 4.98 Å². The van der Waals surface area contributed by atoms with E-state index in [1.165, 1.54) is 23.1 Å². The summed E-state index contributed by atoms with van der Waals surface area (Å²) in [6.45, 7) is 2.51. The predicted octanol–water partition coefficient (Wildman–Crippen LogP) is 3.69. The lowest BCUT2D eigenvalue weighted by Gasteiger charge is -2.16. The Bertz CT molecular complexity index is 800. The Balaban J connectivity index is 1.67. The van der Waals surface area contributed by atoms with Crippen LogP contribution in [0.15, 0.2) is 33.9 Å². The number of thiazole rings is 1. The van der Waals surface area contributed by atoms with E-state index in [9.17, 15) is 4.79 Å². The van der Waals surface area contributed by atoms with E-state index in [0.29, 0.717) is 23.4 Å². The SMILES string of the molecule is CCN(C(=O)CSc1nnc(CSC)o1)c1nc2ccccc2s1. The molecule has 0 radical (unpaired) electrons. The second-order valence-electron chi connectivity index (χ2n) is 4.79. The third kappa shape index (κ3) is 3.90. The lowest BCUT2D eigenvalue weighted by Crippen LogP contribution is -2.32. The first-order valence-corrected chi connectivity index (χ1v) is 10.5. The van der Waals surface area contributed by atoms with Crippen LogP contribution in [0.3, 0.4) is 0 Å². The minimum atomic E-state index is -0.0221. The molecule has 0 aliphatic heterocycles. The van der Waals surface area contributed by atoms with Crippen molar-refractivity contribution < 1.29 is 9.21 Å². The van der Waals surface area contributed by atoms with Crippen molar-refractivity contribution in [3.05, 3.63) is 30.2 Å². The monoisotopic (exact) mass is 380 g/mol. The smallest absolute Gasteiger partial charge is 0.277 e. The van der Waals surface area contributed by atoms with Crippen molar-refractivity contribution in [1.82, 2.24) is 15.2 Å². The van der Waals surface area contributed by atoms with E-state index in [-0.39, 0.29) is 11.7 Å². The van der Waals surface area contributed by atoms with Crippen molar-refractivity contribution in [2.75, 3.05) is 23.5 Å². The number of thioether (sulfide) groups is 2. The minimum absolute atomic E-state index is 0.0221. The lowest BCUT2D eigenvalue weighted by atomic mass is 10.3. The van der Waals surface area contributed by atoms with Crippen molar-refractivity contribution in [2.24, 2.45) is 0 Å². The Morgan fingerprint density at radius 2 is 2.17 bits per heavy atom. The number of benzene rings is 1. The van der Waals surface area contributed by atoms with Gasteiger partial charge in [0.05, 0.1) is 21.7 Å². The van der Waals surface area contributed by atoms with E-state index in [0.717, 1.165) is 15.3 Å². The lowest BCUT2D eigenvalue weighted by molar-refractivity contribution is -0.116. The molecular weight excluding hydrogens is 364 g/mol. The average molecular weight is 381 g/mol. The summed E-state index contributed by atoms with van der Waals surface area (Å²) in [5, 5.41) is 9.04. The molecule has 1 amide bonds. The number of nitrogens with zero attached hydrogens (tertiary/aromatic N) is 4. The molecule has 126 valence electrons. The van der Waals surface area contributed by atoms with Crippen LogP contribution in [0.5, 0.6) is 0 Å². The Kier molecular flexibility index (Phi) is 5.75. The van der Waals surface area contributed by atoms with Crippen molar-refractivity contribution in [3.63, 3.8) is 0 Å². The van der Waals surface area contributed by atoms with Gasteiger partial charge >= 0.3 is 0 Å². The first-order chi connectivity index (χ1) is 11.7. The Hall–Kier alpha value is -1.58. The summed E-state index contributed by atoms with van der Waals surface area (Å²) in [4.78, 5) is 18.8. The quantitative estimate of drug-likeness (QED) is 0.579. The number of aromatic nitrogens is 3. The van der Waals surface area contributed by atoms with Crippen LogP contribution in [0, 0.1) is 0 Å². The Labute approximate surface area is 152 Å². The number of anilines is 1. The van der Waals surface area contributed by atoms with Gasteiger partial charge in [0.15, 0.2) is 5.13 Å². The molecule has 0 saturated carbocycles. The summed E-state index contributed by atoms with van der Waals surface area (Å²) in [6, 6.07) is 7.88. The second kappa shape index (κ2) is 8.00. The van der Waals surface area contributed by atoms with Crippen molar-refractivity contribution >= 4 is 56.1 Å². The van der Waals surface area contributed by atoms with Gasteiger partial charge in [-0.05, 0) is 25.3 Å². The molecule has 0 N–H and O–H groups in total. The molecular formula is C15H16N4O2S3. The maximum absolute atomic E-state index is 12.5. The highest BCUT2D eigenvalue weighted by Gasteiger charge is 2.19. The summed E-state index contributed by atoms with van der Waals surface area (Å²) >= 11 is 4.39. The zero-order valence-corrected chi connectivity index (χ0v) is 15.7. The number of carbonyl (C=O) groups is 1. The van der Waals surface area contributed by atoms with E-state index < -0.39 is 0 Å². The molecule has 3 aromatic rings. The highest BCUT2D eigenvalue weighted by molar-refractivity contribution is 7.99. The molecule has 0 atom stereocenters. The Morgan fingerprint density at radius 1 is 1.33 bits per heavy atom. The van der Waals surface area contributed by atoms with Crippen LogP contribution in [0.4, 0.5) is 5.13 Å². The van der Waals surface area contributed by atoms with Gasteiger partial charge in [0.1, 0.15) is 0 Å². The number of hydrogen-bond donors (Lipinski definition) is 0. The second-order valence-corrected chi connectivity index (χ2v) is 7.59. The van der Waals surface area contributed by atoms with Gasteiger partial charge in [0.2, 0.25) is 11.8 Å². The molecule has 0 bridgehead atoms. The van der Waals surface area contributed by atoms with Crippen LogP contribution >= 0.6 is 34.9 Å². The molecule has 3 rings (SSSR count). The molecule has 0 fully saturated rings. The summed E-state index contributed by atoms with van der Waals surface area (Å²) < 4.78 is 6.55. The number of rotatable bonds is 7. The van der Waals surface area contributed by atoms with E-state index in [4.69, 9.17) is 4.42 Å². The van der Waals surface area contributed by atoms with Crippen molar-refractivity contribution in [3.8, 4) is 0 Å². The minimum Gasteiger partial charge on any atom is -0.415 e. The topological polar surface area (TPSA) is 72.1 Å². The summed E-state index contributed by atoms with van der Waals surface area (Å²) in [6.07, 6.45) is 1.97. The highest BCUT2D eigenvalue weighted by Crippen LogP contribution is 2.29. The molecule has 0 aliphatic rings. The largest absolute Gasteiger partial charge is 0.415 e. The van der Waals surface area contributed by atoms with Gasteiger partial charge in [-0.3, -0.25) is 9.69 Å². The fourth-order valence-corrected chi connectivity index (χ4v) is 4.14. The number of fused-ring (bicyclic) bond motifs is 1. The number of carbonyl (C=O) groups excluding carboxylic acids is 1. The molecule has 0 unspecified atom stereocenters. The zero-order chi connectivity index (χ0) is 16.9. The molecule has 9 heteroatoms. The molecule has 0 saturated heterocycles. The van der Waals surface area contributed by atoms with Gasteiger partial charge < -0.3 is 4.42 Å². The van der Waals surface area contributed by atoms with Gasteiger partial charge in [-0.1, -0.05) is 35.2 Å². The molecule has 24 heavy (non-hydrogen) atoms. The number of para-hydroxylation sites is 1. The van der Waals surface area contributed by atoms with Crippen LogP contribution in [0.25, 0.3) is 10.2 Å². The maximum atomic E-state index is 12.5. The van der Waals surface area contributed by atoms with Crippen molar-refractivity contribution in [1.29, 1.82) is 0 Å². The third-order valence-corrected chi connectivity index (χ3v) is 5.56. The summed E-state index contributed by atoms with van der Waals surface area (Å²) in [5.41, 5.74) is 0.912. The maximum Gasteiger partial charge on any atom is 0.277 e. The fourth-order valence-electron chi connectivity index (χ4n) is 2.07. The normalized spacial score (nSPS) is 11.1. The van der Waals surface area contributed by atoms with Crippen LogP contribution in [-0.2, 0) is 10.5 Å². The number of hydrogen-bond acceptors (Lipinski definition) is 8. The van der Waals surface area contributed by atoms with E-state index in [2.05, 4.69) is 15.2 Å². The first kappa shape index (κ1) is 17.2. The summed E-state index contributed by atoms with van der Waals surface area (Å²) in [7, 11) is 0.